The third-order valence-corrected chi connectivity index (χ3v) is 2.31. The Morgan fingerprint density at radius 3 is 2.44 bits per heavy atom. The lowest BCUT2D eigenvalue weighted by atomic mass is 9.95. The van der Waals surface area contributed by atoms with E-state index >= 15 is 0 Å². The van der Waals surface area contributed by atoms with E-state index in [4.69, 9.17) is 5.11 Å². The van der Waals surface area contributed by atoms with Gasteiger partial charge in [-0.25, -0.2) is 0 Å². The van der Waals surface area contributed by atoms with Crippen molar-refractivity contribution in [2.45, 2.75) is 20.8 Å². The summed E-state index contributed by atoms with van der Waals surface area (Å²) in [6.07, 6.45) is 0. The van der Waals surface area contributed by atoms with Crippen molar-refractivity contribution in [1.29, 1.82) is 0 Å². The van der Waals surface area contributed by atoms with Crippen LogP contribution in [0.2, 0.25) is 0 Å². The summed E-state index contributed by atoms with van der Waals surface area (Å²) in [6, 6.07) is -0.0214. The Balaban J connectivity index is 2.62. The highest BCUT2D eigenvalue weighted by Gasteiger charge is 2.26. The van der Waals surface area contributed by atoms with Gasteiger partial charge in [0.2, 0.25) is 5.91 Å². The van der Waals surface area contributed by atoms with E-state index in [9.17, 15) is 9.59 Å². The molecule has 1 aromatic rings. The van der Waals surface area contributed by atoms with Gasteiger partial charge < -0.3 is 9.63 Å². The number of hydrogen-bond donors (Lipinski definition) is 2. The number of amides is 1. The minimum absolute atomic E-state index is 0.0214. The van der Waals surface area contributed by atoms with Crippen LogP contribution in [0.1, 0.15) is 19.7 Å². The standard InChI is InChI=1S/C9H13N3O4/c1-4(5(2)8(14)15)7(13)11-9-10-6(3)12-16-9/h4-5H,1-3H3,(H,14,15)(H,10,11,12,13). The molecule has 7 nitrogen and oxygen atoms in total. The lowest BCUT2D eigenvalue weighted by Crippen LogP contribution is -2.30. The van der Waals surface area contributed by atoms with Gasteiger partial charge in [0.1, 0.15) is 0 Å². The number of aromatic nitrogens is 2. The number of carboxylic acids is 1. The number of carboxylic acid groups (broad SMARTS) is 1. The lowest BCUT2D eigenvalue weighted by Gasteiger charge is -2.13. The first kappa shape index (κ1) is 12.2. The Kier molecular flexibility index (Phi) is 3.60. The van der Waals surface area contributed by atoms with E-state index in [1.807, 2.05) is 0 Å². The number of carbonyl (C=O) groups is 2. The fourth-order valence-corrected chi connectivity index (χ4v) is 1.01. The second-order valence-corrected chi connectivity index (χ2v) is 3.55. The maximum Gasteiger partial charge on any atom is 0.328 e. The third kappa shape index (κ3) is 2.78. The predicted molar refractivity (Wildman–Crippen MR) is 53.6 cm³/mol. The highest BCUT2D eigenvalue weighted by Crippen LogP contribution is 2.13. The monoisotopic (exact) mass is 227 g/mol. The number of aliphatic carboxylic acids is 1. The molecule has 0 aliphatic rings. The Bertz CT molecular complexity index is 401. The van der Waals surface area contributed by atoms with Crippen LogP contribution in [0.3, 0.4) is 0 Å². The van der Waals surface area contributed by atoms with Gasteiger partial charge in [-0.15, -0.1) is 0 Å². The van der Waals surface area contributed by atoms with Crippen LogP contribution in [0, 0.1) is 18.8 Å². The van der Waals surface area contributed by atoms with E-state index in [1.165, 1.54) is 13.8 Å². The molecular weight excluding hydrogens is 214 g/mol. The molecule has 0 radical (unpaired) electrons. The van der Waals surface area contributed by atoms with Crippen LogP contribution in [0.25, 0.3) is 0 Å². The van der Waals surface area contributed by atoms with Gasteiger partial charge in [0.15, 0.2) is 5.82 Å². The molecular formula is C9H13N3O4. The van der Waals surface area contributed by atoms with Crippen LogP contribution in [-0.2, 0) is 9.59 Å². The molecule has 16 heavy (non-hydrogen) atoms. The van der Waals surface area contributed by atoms with Crippen molar-refractivity contribution in [3.05, 3.63) is 5.82 Å². The maximum absolute atomic E-state index is 11.6. The number of nitrogens with zero attached hydrogens (tertiary/aromatic N) is 2. The summed E-state index contributed by atoms with van der Waals surface area (Å²) in [5.74, 6) is -2.54. The minimum Gasteiger partial charge on any atom is -0.481 e. The van der Waals surface area contributed by atoms with E-state index in [1.54, 1.807) is 6.92 Å². The molecule has 0 aliphatic heterocycles. The van der Waals surface area contributed by atoms with Crippen LogP contribution < -0.4 is 5.32 Å². The average molecular weight is 227 g/mol. The number of nitrogens with one attached hydrogen (secondary N) is 1. The van der Waals surface area contributed by atoms with Gasteiger partial charge in [0.25, 0.3) is 0 Å². The fourth-order valence-electron chi connectivity index (χ4n) is 1.01. The van der Waals surface area contributed by atoms with Gasteiger partial charge in [0.05, 0.1) is 5.92 Å². The van der Waals surface area contributed by atoms with Crippen LogP contribution in [0.4, 0.5) is 6.01 Å². The van der Waals surface area contributed by atoms with Crippen molar-refractivity contribution in [2.24, 2.45) is 11.8 Å². The summed E-state index contributed by atoms with van der Waals surface area (Å²) in [5.41, 5.74) is 0. The molecule has 0 saturated heterocycles. The number of carbonyl (C=O) groups excluding carboxylic acids is 1. The molecule has 1 amide bonds. The molecule has 0 aromatic carbocycles. The largest absolute Gasteiger partial charge is 0.481 e. The summed E-state index contributed by atoms with van der Waals surface area (Å²) in [6.45, 7) is 4.60. The topological polar surface area (TPSA) is 105 Å². The third-order valence-electron chi connectivity index (χ3n) is 2.31. The van der Waals surface area contributed by atoms with Gasteiger partial charge in [-0.1, -0.05) is 19.0 Å². The van der Waals surface area contributed by atoms with Crippen LogP contribution >= 0.6 is 0 Å². The number of hydrogen-bond acceptors (Lipinski definition) is 5. The molecule has 2 N–H and O–H groups in total. The summed E-state index contributed by atoms with van der Waals surface area (Å²) >= 11 is 0. The van der Waals surface area contributed by atoms with Gasteiger partial charge in [-0.05, 0) is 6.92 Å². The highest BCUT2D eigenvalue weighted by atomic mass is 16.5. The van der Waals surface area contributed by atoms with E-state index in [0.717, 1.165) is 0 Å². The first-order chi connectivity index (χ1) is 7.41. The zero-order valence-electron chi connectivity index (χ0n) is 9.22. The Morgan fingerprint density at radius 2 is 2.00 bits per heavy atom. The Morgan fingerprint density at radius 1 is 1.38 bits per heavy atom. The SMILES string of the molecule is Cc1noc(NC(=O)C(C)C(C)C(=O)O)n1. The lowest BCUT2D eigenvalue weighted by molar-refractivity contribution is -0.145. The quantitative estimate of drug-likeness (QED) is 0.783. The fraction of sp³-hybridized carbons (Fsp3) is 0.556. The molecule has 0 spiro atoms. The van der Waals surface area contributed by atoms with Crippen molar-refractivity contribution in [3.63, 3.8) is 0 Å². The molecule has 0 aliphatic carbocycles. The second-order valence-electron chi connectivity index (χ2n) is 3.55. The van der Waals surface area contributed by atoms with Crippen molar-refractivity contribution in [2.75, 3.05) is 5.32 Å². The van der Waals surface area contributed by atoms with E-state index < -0.39 is 23.7 Å². The summed E-state index contributed by atoms with van der Waals surface area (Å²) < 4.78 is 4.68. The molecule has 1 aromatic heterocycles. The number of aryl methyl sites for hydroxylation is 1. The maximum atomic E-state index is 11.6. The Hall–Kier alpha value is -1.92. The molecule has 2 unspecified atom stereocenters. The second kappa shape index (κ2) is 4.73. The normalized spacial score (nSPS) is 14.2. The summed E-state index contributed by atoms with van der Waals surface area (Å²) in [5, 5.41) is 14.6. The minimum atomic E-state index is -1.02. The van der Waals surface area contributed by atoms with Gasteiger partial charge >= 0.3 is 12.0 Å². The first-order valence-electron chi connectivity index (χ1n) is 4.75. The smallest absolute Gasteiger partial charge is 0.328 e. The zero-order valence-corrected chi connectivity index (χ0v) is 9.22. The van der Waals surface area contributed by atoms with Crippen molar-refractivity contribution < 1.29 is 19.2 Å². The van der Waals surface area contributed by atoms with Gasteiger partial charge in [-0.2, -0.15) is 4.98 Å². The van der Waals surface area contributed by atoms with E-state index in [2.05, 4.69) is 20.0 Å². The van der Waals surface area contributed by atoms with E-state index in [-0.39, 0.29) is 6.01 Å². The Labute approximate surface area is 91.8 Å². The molecule has 88 valence electrons. The zero-order chi connectivity index (χ0) is 12.3. The number of anilines is 1. The molecule has 0 bridgehead atoms. The molecule has 1 rings (SSSR count). The first-order valence-corrected chi connectivity index (χ1v) is 4.75. The van der Waals surface area contributed by atoms with Crippen LogP contribution in [-0.4, -0.2) is 27.1 Å². The predicted octanol–water partition coefficient (Wildman–Crippen LogP) is 0.673. The molecule has 1 heterocycles. The van der Waals surface area contributed by atoms with E-state index in [0.29, 0.717) is 5.82 Å². The number of rotatable bonds is 4. The van der Waals surface area contributed by atoms with Gasteiger partial charge in [-0.3, -0.25) is 14.9 Å². The summed E-state index contributed by atoms with van der Waals surface area (Å²) in [4.78, 5) is 26.0. The van der Waals surface area contributed by atoms with Crippen molar-refractivity contribution in [1.82, 2.24) is 10.1 Å². The van der Waals surface area contributed by atoms with Gasteiger partial charge in [0, 0.05) is 5.92 Å². The highest BCUT2D eigenvalue weighted by molar-refractivity contribution is 5.93. The molecule has 2 atom stereocenters. The van der Waals surface area contributed by atoms with Crippen molar-refractivity contribution >= 4 is 17.9 Å². The van der Waals surface area contributed by atoms with Crippen molar-refractivity contribution in [3.8, 4) is 0 Å². The molecule has 7 heteroatoms. The average Bonchev–Trinajstić information content (AvgIpc) is 2.61. The molecule has 0 saturated carbocycles. The van der Waals surface area contributed by atoms with Crippen LogP contribution in [0.5, 0.6) is 0 Å². The van der Waals surface area contributed by atoms with Crippen LogP contribution in [0.15, 0.2) is 4.52 Å². The molecule has 0 fully saturated rings. The summed E-state index contributed by atoms with van der Waals surface area (Å²) in [7, 11) is 0.